The summed E-state index contributed by atoms with van der Waals surface area (Å²) in [6, 6.07) is 17.3. The SMILES string of the molecule is C=CC(=O)OCC(CC)CCc1ccc(C(C)(C)c2ccc(OCC3C=C(C=C)OC3)cc2)cc1. The number of esters is 1. The first-order valence-electron chi connectivity index (χ1n) is 12.4. The maximum atomic E-state index is 11.3. The van der Waals surface area contributed by atoms with Gasteiger partial charge in [-0.25, -0.2) is 4.79 Å². The van der Waals surface area contributed by atoms with E-state index in [4.69, 9.17) is 14.2 Å². The van der Waals surface area contributed by atoms with Crippen LogP contribution in [-0.4, -0.2) is 25.8 Å². The van der Waals surface area contributed by atoms with Crippen LogP contribution in [0, 0.1) is 11.8 Å². The number of hydrogen-bond acceptors (Lipinski definition) is 4. The zero-order chi connectivity index (χ0) is 25.3. The highest BCUT2D eigenvalue weighted by Gasteiger charge is 2.23. The van der Waals surface area contributed by atoms with Crippen LogP contribution in [0.15, 0.2) is 85.7 Å². The van der Waals surface area contributed by atoms with Crippen LogP contribution < -0.4 is 4.74 Å². The van der Waals surface area contributed by atoms with Crippen molar-refractivity contribution in [1.29, 1.82) is 0 Å². The molecule has 1 aliphatic rings. The molecule has 3 rings (SSSR count). The van der Waals surface area contributed by atoms with E-state index >= 15 is 0 Å². The molecule has 0 spiro atoms. The standard InChI is InChI=1S/C31H38O4/c1-6-23(20-35-30(32)8-3)9-10-24-11-13-26(14-12-24)31(4,5)27-15-17-29(18-16-27)34-22-25-19-28(7-2)33-21-25/h7-8,11-19,23,25H,2-3,6,9-10,20-22H2,1,4-5H3. The molecular weight excluding hydrogens is 436 g/mol. The first kappa shape index (κ1) is 26.3. The molecule has 0 bridgehead atoms. The number of allylic oxidation sites excluding steroid dienone is 1. The van der Waals surface area contributed by atoms with Crippen LogP contribution in [0.3, 0.4) is 0 Å². The molecule has 0 saturated carbocycles. The van der Waals surface area contributed by atoms with Crippen LogP contribution in [0.2, 0.25) is 0 Å². The second-order valence-electron chi connectivity index (χ2n) is 9.65. The predicted molar refractivity (Wildman–Crippen MR) is 141 cm³/mol. The molecule has 186 valence electrons. The maximum absolute atomic E-state index is 11.3. The summed E-state index contributed by atoms with van der Waals surface area (Å²) in [5, 5.41) is 0. The van der Waals surface area contributed by atoms with Crippen LogP contribution in [0.4, 0.5) is 0 Å². The van der Waals surface area contributed by atoms with E-state index in [1.807, 2.05) is 12.1 Å². The van der Waals surface area contributed by atoms with Gasteiger partial charge < -0.3 is 14.2 Å². The van der Waals surface area contributed by atoms with E-state index in [9.17, 15) is 4.79 Å². The van der Waals surface area contributed by atoms with Gasteiger partial charge in [-0.05, 0) is 59.7 Å². The summed E-state index contributed by atoms with van der Waals surface area (Å²) in [5.41, 5.74) is 3.69. The van der Waals surface area contributed by atoms with Gasteiger partial charge in [0.25, 0.3) is 0 Å². The Morgan fingerprint density at radius 1 is 1.11 bits per heavy atom. The molecule has 0 N–H and O–H groups in total. The van der Waals surface area contributed by atoms with Crippen molar-refractivity contribution in [3.8, 4) is 5.75 Å². The van der Waals surface area contributed by atoms with Gasteiger partial charge in [0.1, 0.15) is 11.5 Å². The molecule has 2 aromatic carbocycles. The van der Waals surface area contributed by atoms with Gasteiger partial charge in [0.05, 0.1) is 19.8 Å². The minimum atomic E-state index is -0.350. The highest BCUT2D eigenvalue weighted by atomic mass is 16.5. The first-order valence-corrected chi connectivity index (χ1v) is 12.4. The summed E-state index contributed by atoms with van der Waals surface area (Å²) in [5.74, 6) is 1.97. The summed E-state index contributed by atoms with van der Waals surface area (Å²) in [6.07, 6.45) is 7.95. The van der Waals surface area contributed by atoms with E-state index in [0.29, 0.717) is 25.7 Å². The Hall–Kier alpha value is -3.27. The monoisotopic (exact) mass is 474 g/mol. The highest BCUT2D eigenvalue weighted by molar-refractivity contribution is 5.81. The molecule has 1 heterocycles. The minimum Gasteiger partial charge on any atom is -0.493 e. The molecule has 35 heavy (non-hydrogen) atoms. The predicted octanol–water partition coefficient (Wildman–Crippen LogP) is 6.80. The third-order valence-corrected chi connectivity index (χ3v) is 6.83. The Bertz CT molecular complexity index is 1010. The molecule has 0 amide bonds. The van der Waals surface area contributed by atoms with E-state index in [2.05, 4.69) is 76.4 Å². The Labute approximate surface area is 210 Å². The molecule has 4 nitrogen and oxygen atoms in total. The van der Waals surface area contributed by atoms with E-state index < -0.39 is 0 Å². The highest BCUT2D eigenvalue weighted by Crippen LogP contribution is 2.33. The van der Waals surface area contributed by atoms with E-state index in [1.54, 1.807) is 6.08 Å². The summed E-state index contributed by atoms with van der Waals surface area (Å²) in [4.78, 5) is 11.3. The molecule has 2 atom stereocenters. The summed E-state index contributed by atoms with van der Waals surface area (Å²) < 4.78 is 16.7. The molecule has 2 unspecified atom stereocenters. The van der Waals surface area contributed by atoms with Crippen LogP contribution >= 0.6 is 0 Å². The number of hydrogen-bond donors (Lipinski definition) is 0. The molecule has 0 aromatic heterocycles. The molecule has 0 fully saturated rings. The summed E-state index contributed by atoms with van der Waals surface area (Å²) in [7, 11) is 0. The van der Waals surface area contributed by atoms with Crippen LogP contribution in [-0.2, 0) is 26.1 Å². The lowest BCUT2D eigenvalue weighted by Crippen LogP contribution is -2.19. The average Bonchev–Trinajstić information content (AvgIpc) is 3.36. The molecule has 0 saturated heterocycles. The van der Waals surface area contributed by atoms with E-state index in [0.717, 1.165) is 30.8 Å². The number of benzene rings is 2. The third kappa shape index (κ3) is 7.35. The summed E-state index contributed by atoms with van der Waals surface area (Å²) in [6.45, 7) is 15.5. The lowest BCUT2D eigenvalue weighted by atomic mass is 9.78. The van der Waals surface area contributed by atoms with E-state index in [-0.39, 0.29) is 17.3 Å². The van der Waals surface area contributed by atoms with Gasteiger partial charge in [-0.1, -0.05) is 76.7 Å². The smallest absolute Gasteiger partial charge is 0.330 e. The molecule has 0 aliphatic carbocycles. The molecule has 2 aromatic rings. The Morgan fingerprint density at radius 3 is 2.34 bits per heavy atom. The third-order valence-electron chi connectivity index (χ3n) is 6.83. The molecular formula is C31H38O4. The number of carbonyl (C=O) groups excluding carboxylic acids is 1. The van der Waals surface area contributed by atoms with E-state index in [1.165, 1.54) is 22.8 Å². The van der Waals surface area contributed by atoms with Gasteiger partial charge in [0.15, 0.2) is 0 Å². The zero-order valence-electron chi connectivity index (χ0n) is 21.3. The number of carbonyl (C=O) groups is 1. The fourth-order valence-electron chi connectivity index (χ4n) is 4.22. The average molecular weight is 475 g/mol. The topological polar surface area (TPSA) is 44.8 Å². The van der Waals surface area contributed by atoms with Gasteiger partial charge in [-0.2, -0.15) is 0 Å². The van der Waals surface area contributed by atoms with Gasteiger partial charge in [0.2, 0.25) is 0 Å². The summed E-state index contributed by atoms with van der Waals surface area (Å²) >= 11 is 0. The molecule has 0 radical (unpaired) electrons. The second-order valence-corrected chi connectivity index (χ2v) is 9.65. The zero-order valence-corrected chi connectivity index (χ0v) is 21.3. The Morgan fingerprint density at radius 2 is 1.77 bits per heavy atom. The van der Waals surface area contributed by atoms with Gasteiger partial charge in [0, 0.05) is 17.4 Å². The van der Waals surface area contributed by atoms with Crippen molar-refractivity contribution in [3.63, 3.8) is 0 Å². The fraction of sp³-hybridized carbons (Fsp3) is 0.387. The second kappa shape index (κ2) is 12.4. The number of aryl methyl sites for hydroxylation is 1. The van der Waals surface area contributed by atoms with Crippen molar-refractivity contribution in [2.24, 2.45) is 11.8 Å². The number of rotatable bonds is 13. The van der Waals surface area contributed by atoms with Crippen molar-refractivity contribution in [2.75, 3.05) is 19.8 Å². The van der Waals surface area contributed by atoms with Crippen molar-refractivity contribution in [1.82, 2.24) is 0 Å². The first-order chi connectivity index (χ1) is 16.8. The van der Waals surface area contributed by atoms with Gasteiger partial charge in [-0.3, -0.25) is 0 Å². The fourth-order valence-corrected chi connectivity index (χ4v) is 4.22. The quantitative estimate of drug-likeness (QED) is 0.237. The minimum absolute atomic E-state index is 0.122. The Balaban J connectivity index is 1.55. The van der Waals surface area contributed by atoms with Gasteiger partial charge in [-0.15, -0.1) is 0 Å². The van der Waals surface area contributed by atoms with Crippen LogP contribution in [0.1, 0.15) is 50.3 Å². The van der Waals surface area contributed by atoms with Crippen LogP contribution in [0.5, 0.6) is 5.75 Å². The lowest BCUT2D eigenvalue weighted by Gasteiger charge is -2.26. The van der Waals surface area contributed by atoms with Gasteiger partial charge >= 0.3 is 5.97 Å². The van der Waals surface area contributed by atoms with Crippen molar-refractivity contribution in [2.45, 2.75) is 45.4 Å². The number of ether oxygens (including phenoxy) is 3. The Kier molecular flexibility index (Phi) is 9.36. The maximum Gasteiger partial charge on any atom is 0.330 e. The van der Waals surface area contributed by atoms with Crippen LogP contribution in [0.25, 0.3) is 0 Å². The van der Waals surface area contributed by atoms with Crippen molar-refractivity contribution in [3.05, 3.63) is 102 Å². The lowest BCUT2D eigenvalue weighted by molar-refractivity contribution is -0.139. The van der Waals surface area contributed by atoms with Crippen molar-refractivity contribution < 1.29 is 19.0 Å². The largest absolute Gasteiger partial charge is 0.493 e. The van der Waals surface area contributed by atoms with Crippen molar-refractivity contribution >= 4 is 5.97 Å². The molecule has 1 aliphatic heterocycles. The molecule has 4 heteroatoms. The normalized spacial score (nSPS) is 16.1.